The fourth-order valence-electron chi connectivity index (χ4n) is 2.66. The maximum atomic E-state index is 13.3. The summed E-state index contributed by atoms with van der Waals surface area (Å²) in [5.41, 5.74) is -2.36. The zero-order valence-electron chi connectivity index (χ0n) is 11.5. The van der Waals surface area contributed by atoms with Crippen LogP contribution in [0.15, 0.2) is 18.2 Å². The van der Waals surface area contributed by atoms with Gasteiger partial charge in [0.25, 0.3) is 0 Å². The Kier molecular flexibility index (Phi) is 3.61. The molecule has 1 nitrogen and oxygen atoms in total. The normalized spacial score (nSPS) is 21.8. The predicted octanol–water partition coefficient (Wildman–Crippen LogP) is 4.63. The Morgan fingerprint density at radius 1 is 1.05 bits per heavy atom. The van der Waals surface area contributed by atoms with E-state index < -0.39 is 23.2 Å². The Balaban J connectivity index is 2.34. The third-order valence-electron chi connectivity index (χ3n) is 4.24. The molecule has 0 heterocycles. The van der Waals surface area contributed by atoms with Gasteiger partial charge in [-0.3, -0.25) is 0 Å². The molecule has 0 aliphatic heterocycles. The molecule has 1 aliphatic carbocycles. The topological polar surface area (TPSA) is 20.2 Å². The van der Waals surface area contributed by atoms with Crippen molar-refractivity contribution in [1.29, 1.82) is 0 Å². The molecule has 1 saturated carbocycles. The molecule has 5 heteroatoms. The van der Waals surface area contributed by atoms with Gasteiger partial charge in [-0.05, 0) is 48.8 Å². The molecule has 0 amide bonds. The van der Waals surface area contributed by atoms with E-state index in [0.717, 1.165) is 25.0 Å². The highest BCUT2D eigenvalue weighted by Crippen LogP contribution is 2.46. The highest BCUT2D eigenvalue weighted by Gasteiger charge is 2.40. The van der Waals surface area contributed by atoms with E-state index in [1.165, 1.54) is 6.07 Å². The molecular weight excluding hydrogens is 272 g/mol. The number of hydrogen-bond donors (Lipinski definition) is 1. The third kappa shape index (κ3) is 2.97. The number of aliphatic hydroxyl groups is 1. The second-order valence-corrected chi connectivity index (χ2v) is 6.39. The Morgan fingerprint density at radius 3 is 2.10 bits per heavy atom. The van der Waals surface area contributed by atoms with Crippen molar-refractivity contribution in [1.82, 2.24) is 0 Å². The highest BCUT2D eigenvalue weighted by molar-refractivity contribution is 5.31. The molecule has 0 saturated heterocycles. The molecule has 0 atom stereocenters. The van der Waals surface area contributed by atoms with Crippen molar-refractivity contribution < 1.29 is 22.7 Å². The first-order valence-corrected chi connectivity index (χ1v) is 6.63. The number of rotatable bonds is 1. The molecule has 1 aromatic carbocycles. The smallest absolute Gasteiger partial charge is 0.385 e. The van der Waals surface area contributed by atoms with Gasteiger partial charge < -0.3 is 5.11 Å². The van der Waals surface area contributed by atoms with E-state index in [9.17, 15) is 22.7 Å². The van der Waals surface area contributed by atoms with Crippen molar-refractivity contribution in [2.24, 2.45) is 5.41 Å². The first-order chi connectivity index (χ1) is 9.04. The summed E-state index contributed by atoms with van der Waals surface area (Å²) in [4.78, 5) is 0. The molecule has 2 rings (SSSR count). The Bertz CT molecular complexity index is 495. The van der Waals surface area contributed by atoms with Crippen LogP contribution in [0.3, 0.4) is 0 Å². The minimum Gasteiger partial charge on any atom is -0.385 e. The van der Waals surface area contributed by atoms with Gasteiger partial charge in [-0.25, -0.2) is 4.39 Å². The van der Waals surface area contributed by atoms with Crippen molar-refractivity contribution >= 4 is 0 Å². The van der Waals surface area contributed by atoms with E-state index in [2.05, 4.69) is 13.8 Å². The van der Waals surface area contributed by atoms with Gasteiger partial charge in [-0.2, -0.15) is 13.2 Å². The van der Waals surface area contributed by atoms with Crippen LogP contribution >= 0.6 is 0 Å². The number of hydrogen-bond acceptors (Lipinski definition) is 1. The third-order valence-corrected chi connectivity index (χ3v) is 4.24. The molecule has 0 radical (unpaired) electrons. The molecule has 0 bridgehead atoms. The van der Waals surface area contributed by atoms with Crippen LogP contribution in [0.4, 0.5) is 17.6 Å². The van der Waals surface area contributed by atoms with Gasteiger partial charge >= 0.3 is 6.18 Å². The van der Waals surface area contributed by atoms with Crippen LogP contribution in [0.1, 0.15) is 50.7 Å². The number of benzene rings is 1. The molecule has 20 heavy (non-hydrogen) atoms. The average molecular weight is 290 g/mol. The molecule has 1 fully saturated rings. The van der Waals surface area contributed by atoms with E-state index in [-0.39, 0.29) is 11.0 Å². The number of halogens is 4. The summed E-state index contributed by atoms with van der Waals surface area (Å²) in [5.74, 6) is -1.30. The summed E-state index contributed by atoms with van der Waals surface area (Å²) >= 11 is 0. The van der Waals surface area contributed by atoms with E-state index in [1.54, 1.807) is 0 Å². The molecular formula is C15H18F4O. The fraction of sp³-hybridized carbons (Fsp3) is 0.600. The zero-order valence-corrected chi connectivity index (χ0v) is 11.5. The summed E-state index contributed by atoms with van der Waals surface area (Å²) in [5, 5.41) is 10.6. The maximum Gasteiger partial charge on any atom is 0.419 e. The predicted molar refractivity (Wildman–Crippen MR) is 67.5 cm³/mol. The molecule has 1 aromatic rings. The summed E-state index contributed by atoms with van der Waals surface area (Å²) in [7, 11) is 0. The monoisotopic (exact) mass is 290 g/mol. The van der Waals surface area contributed by atoms with Crippen LogP contribution in [0.2, 0.25) is 0 Å². The van der Waals surface area contributed by atoms with Crippen LogP contribution in [0.25, 0.3) is 0 Å². The van der Waals surface area contributed by atoms with Crippen LogP contribution in [0, 0.1) is 11.2 Å². The summed E-state index contributed by atoms with van der Waals surface area (Å²) in [6.07, 6.45) is -2.51. The van der Waals surface area contributed by atoms with Gasteiger partial charge in [0.2, 0.25) is 0 Å². The Hall–Kier alpha value is -1.10. The Morgan fingerprint density at radius 2 is 1.60 bits per heavy atom. The minimum atomic E-state index is -4.75. The fourth-order valence-corrected chi connectivity index (χ4v) is 2.66. The van der Waals surface area contributed by atoms with Crippen molar-refractivity contribution in [3.63, 3.8) is 0 Å². The summed E-state index contributed by atoms with van der Waals surface area (Å²) in [6, 6.07) is 2.78. The first-order valence-electron chi connectivity index (χ1n) is 6.63. The lowest BCUT2D eigenvalue weighted by Crippen LogP contribution is -2.34. The number of alkyl halides is 3. The van der Waals surface area contributed by atoms with Crippen molar-refractivity contribution in [2.75, 3.05) is 0 Å². The lowest BCUT2D eigenvalue weighted by Gasteiger charge is -2.40. The highest BCUT2D eigenvalue weighted by atomic mass is 19.4. The quantitative estimate of drug-likeness (QED) is 0.747. The molecule has 1 aliphatic rings. The average Bonchev–Trinajstić information content (AvgIpc) is 2.32. The van der Waals surface area contributed by atoms with Crippen LogP contribution < -0.4 is 0 Å². The SMILES string of the molecule is CC1(C)CCC(O)(c2ccc(F)c(C(F)(F)F)c2)CC1. The van der Waals surface area contributed by atoms with Crippen molar-refractivity contribution in [2.45, 2.75) is 51.3 Å². The standard InChI is InChI=1S/C15H18F4O/c1-13(2)5-7-14(20,8-6-13)10-3-4-12(16)11(9-10)15(17,18)19/h3-4,9,20H,5-8H2,1-2H3. The molecule has 1 N–H and O–H groups in total. The van der Waals surface area contributed by atoms with Crippen molar-refractivity contribution in [3.05, 3.63) is 35.1 Å². The van der Waals surface area contributed by atoms with E-state index >= 15 is 0 Å². The van der Waals surface area contributed by atoms with Gasteiger partial charge in [0.05, 0.1) is 11.2 Å². The molecule has 0 aromatic heterocycles. The minimum absolute atomic E-state index is 0.0825. The Labute approximate surface area is 115 Å². The largest absolute Gasteiger partial charge is 0.419 e. The molecule has 0 spiro atoms. The van der Waals surface area contributed by atoms with Crippen LogP contribution in [0.5, 0.6) is 0 Å². The van der Waals surface area contributed by atoms with Gasteiger partial charge in [-0.1, -0.05) is 19.9 Å². The van der Waals surface area contributed by atoms with E-state index in [4.69, 9.17) is 0 Å². The second-order valence-electron chi connectivity index (χ2n) is 6.39. The van der Waals surface area contributed by atoms with Crippen LogP contribution in [-0.2, 0) is 11.8 Å². The van der Waals surface area contributed by atoms with Gasteiger partial charge in [0.15, 0.2) is 0 Å². The maximum absolute atomic E-state index is 13.3. The molecule has 0 unspecified atom stereocenters. The van der Waals surface area contributed by atoms with E-state index in [1.807, 2.05) is 0 Å². The molecule has 112 valence electrons. The van der Waals surface area contributed by atoms with Gasteiger partial charge in [-0.15, -0.1) is 0 Å². The summed E-state index contributed by atoms with van der Waals surface area (Å²) in [6.45, 7) is 4.14. The summed E-state index contributed by atoms with van der Waals surface area (Å²) < 4.78 is 51.4. The van der Waals surface area contributed by atoms with Gasteiger partial charge in [0, 0.05) is 0 Å². The zero-order chi connectivity index (χ0) is 15.2. The lowest BCUT2D eigenvalue weighted by molar-refractivity contribution is -0.140. The van der Waals surface area contributed by atoms with Crippen LogP contribution in [-0.4, -0.2) is 5.11 Å². The first kappa shape index (κ1) is 15.3. The second kappa shape index (κ2) is 4.72. The van der Waals surface area contributed by atoms with Gasteiger partial charge in [0.1, 0.15) is 5.82 Å². The van der Waals surface area contributed by atoms with Crippen molar-refractivity contribution in [3.8, 4) is 0 Å². The lowest BCUT2D eigenvalue weighted by atomic mass is 9.69. The van der Waals surface area contributed by atoms with E-state index in [0.29, 0.717) is 12.8 Å².